The smallest absolute Gasteiger partial charge is 0.200 e. The number of thioether (sulfide) groups is 1. The number of hydrogen-bond acceptors (Lipinski definition) is 5. The van der Waals surface area contributed by atoms with Gasteiger partial charge in [0, 0.05) is 34.0 Å². The van der Waals surface area contributed by atoms with Gasteiger partial charge in [-0.1, -0.05) is 23.7 Å². The Labute approximate surface area is 166 Å². The average molecular weight is 423 g/mol. The molecule has 5 nitrogen and oxygen atoms in total. The van der Waals surface area contributed by atoms with E-state index in [-0.39, 0.29) is 27.9 Å². The molecule has 142 valence electrons. The van der Waals surface area contributed by atoms with E-state index in [1.807, 2.05) is 5.40 Å². The molecule has 0 radical (unpaired) electrons. The Bertz CT molecular complexity index is 1100. The molecule has 1 aliphatic heterocycles. The fourth-order valence-corrected chi connectivity index (χ4v) is 3.71. The van der Waals surface area contributed by atoms with E-state index in [4.69, 9.17) is 21.6 Å². The van der Waals surface area contributed by atoms with Gasteiger partial charge in [-0.3, -0.25) is 0 Å². The first-order chi connectivity index (χ1) is 13.4. The van der Waals surface area contributed by atoms with E-state index in [1.54, 1.807) is 0 Å². The van der Waals surface area contributed by atoms with Crippen LogP contribution in [0.4, 0.5) is 13.2 Å². The van der Waals surface area contributed by atoms with Crippen LogP contribution in [0, 0.1) is 28.1 Å². The quantitative estimate of drug-likeness (QED) is 0.342. The van der Waals surface area contributed by atoms with Gasteiger partial charge in [-0.15, -0.1) is 0 Å². The lowest BCUT2D eigenvalue weighted by Crippen LogP contribution is -2.22. The summed E-state index contributed by atoms with van der Waals surface area (Å²) in [7, 11) is 0. The lowest BCUT2D eigenvalue weighted by molar-refractivity contribution is 0.250. The Morgan fingerprint density at radius 3 is 2.75 bits per heavy atom. The number of aromatic nitrogens is 3. The van der Waals surface area contributed by atoms with E-state index in [9.17, 15) is 13.2 Å². The van der Waals surface area contributed by atoms with Crippen LogP contribution in [-0.4, -0.2) is 14.8 Å². The van der Waals surface area contributed by atoms with E-state index < -0.39 is 29.2 Å². The highest BCUT2D eigenvalue weighted by molar-refractivity contribution is 8.03. The number of epoxide rings is 1. The second-order valence-electron chi connectivity index (χ2n) is 6.07. The molecule has 0 aliphatic carbocycles. The number of nitrogens with zero attached hydrogens (tertiary/aromatic N) is 4. The minimum Gasteiger partial charge on any atom is -0.354 e. The first-order valence-corrected chi connectivity index (χ1v) is 9.16. The van der Waals surface area contributed by atoms with Crippen LogP contribution in [-0.2, 0) is 16.9 Å². The molecular formula is C18H10ClF3N4OS. The van der Waals surface area contributed by atoms with Gasteiger partial charge in [0.1, 0.15) is 40.9 Å². The van der Waals surface area contributed by atoms with E-state index in [0.717, 1.165) is 30.0 Å². The molecule has 1 aromatic heterocycles. The second-order valence-corrected chi connectivity index (χ2v) is 7.26. The number of rotatable bonds is 5. The van der Waals surface area contributed by atoms with Crippen LogP contribution in [0.1, 0.15) is 17.2 Å². The molecule has 2 unspecified atom stereocenters. The van der Waals surface area contributed by atoms with E-state index in [2.05, 4.69) is 10.1 Å². The van der Waals surface area contributed by atoms with E-state index in [1.165, 1.54) is 29.2 Å². The average Bonchev–Trinajstić information content (AvgIpc) is 3.17. The van der Waals surface area contributed by atoms with Crippen molar-refractivity contribution in [3.8, 4) is 5.40 Å². The summed E-state index contributed by atoms with van der Waals surface area (Å²) in [5.74, 6) is -2.17. The molecule has 28 heavy (non-hydrogen) atoms. The van der Waals surface area contributed by atoms with Gasteiger partial charge < -0.3 is 4.74 Å². The number of hydrogen-bond donors (Lipinski definition) is 0. The largest absolute Gasteiger partial charge is 0.354 e. The summed E-state index contributed by atoms with van der Waals surface area (Å²) in [5.41, 5.74) is -1.11. The van der Waals surface area contributed by atoms with Crippen molar-refractivity contribution >= 4 is 23.4 Å². The van der Waals surface area contributed by atoms with Crippen LogP contribution in [0.2, 0.25) is 5.02 Å². The molecule has 0 spiro atoms. The minimum absolute atomic E-state index is 0.0493. The van der Waals surface area contributed by atoms with Crippen LogP contribution < -0.4 is 0 Å². The van der Waals surface area contributed by atoms with Gasteiger partial charge >= 0.3 is 0 Å². The standard InChI is InChI=1S/C18H10ClF3N4OS/c19-10-1-3-12(14(21)5-10)16-18(27-16,13-4-2-11(20)6-15(13)22)7-26-17(28-8-23)24-9-25-26/h1-6,9,16H,7H2. The maximum Gasteiger partial charge on any atom is 0.200 e. The van der Waals surface area contributed by atoms with Crippen LogP contribution in [0.25, 0.3) is 0 Å². The van der Waals surface area contributed by atoms with Crippen molar-refractivity contribution in [2.75, 3.05) is 0 Å². The fraction of sp³-hybridized carbons (Fsp3) is 0.167. The van der Waals surface area contributed by atoms with Crippen molar-refractivity contribution in [1.29, 1.82) is 5.26 Å². The van der Waals surface area contributed by atoms with Crippen LogP contribution in [0.3, 0.4) is 0 Å². The van der Waals surface area contributed by atoms with Crippen molar-refractivity contribution in [3.05, 3.63) is 76.3 Å². The van der Waals surface area contributed by atoms with Crippen molar-refractivity contribution in [2.45, 2.75) is 23.4 Å². The molecule has 2 heterocycles. The third kappa shape index (κ3) is 3.24. The van der Waals surface area contributed by atoms with E-state index in [0.29, 0.717) is 0 Å². The predicted octanol–water partition coefficient (Wildman–Crippen LogP) is 4.59. The number of ether oxygens (including phenoxy) is 1. The Morgan fingerprint density at radius 2 is 2.04 bits per heavy atom. The zero-order chi connectivity index (χ0) is 19.9. The number of thiocyanates is 1. The molecule has 3 aromatic rings. The number of halogens is 4. The molecule has 2 aromatic carbocycles. The van der Waals surface area contributed by atoms with Gasteiger partial charge in [-0.2, -0.15) is 10.4 Å². The molecule has 0 amide bonds. The Morgan fingerprint density at radius 1 is 1.21 bits per heavy atom. The van der Waals surface area contributed by atoms with Crippen LogP contribution in [0.5, 0.6) is 0 Å². The zero-order valence-electron chi connectivity index (χ0n) is 13.9. The molecule has 0 bridgehead atoms. The van der Waals surface area contributed by atoms with Crippen molar-refractivity contribution in [3.63, 3.8) is 0 Å². The summed E-state index contributed by atoms with van der Waals surface area (Å²) >= 11 is 6.58. The Hall–Kier alpha value is -2.54. The molecule has 0 N–H and O–H groups in total. The molecular weight excluding hydrogens is 413 g/mol. The molecule has 2 atom stereocenters. The van der Waals surface area contributed by atoms with Crippen LogP contribution >= 0.6 is 23.4 Å². The van der Waals surface area contributed by atoms with Gasteiger partial charge in [-0.05, 0) is 18.2 Å². The maximum atomic E-state index is 14.6. The summed E-state index contributed by atoms with van der Waals surface area (Å²) in [6.07, 6.45) is 0.392. The lowest BCUT2D eigenvalue weighted by Gasteiger charge is -2.16. The first kappa shape index (κ1) is 18.8. The summed E-state index contributed by atoms with van der Waals surface area (Å²) in [6, 6.07) is 7.19. The summed E-state index contributed by atoms with van der Waals surface area (Å²) in [4.78, 5) is 3.97. The highest BCUT2D eigenvalue weighted by atomic mass is 35.5. The van der Waals surface area contributed by atoms with Crippen molar-refractivity contribution in [1.82, 2.24) is 14.8 Å². The van der Waals surface area contributed by atoms with Crippen molar-refractivity contribution in [2.24, 2.45) is 0 Å². The fourth-order valence-electron chi connectivity index (χ4n) is 3.15. The normalized spacial score (nSPS) is 20.8. The molecule has 0 saturated carbocycles. The van der Waals surface area contributed by atoms with Gasteiger partial charge in [0.25, 0.3) is 0 Å². The zero-order valence-corrected chi connectivity index (χ0v) is 15.5. The SMILES string of the molecule is N#CSc1ncnn1CC1(c2ccc(F)cc2F)OC1c1ccc(Cl)cc1F. The highest BCUT2D eigenvalue weighted by Gasteiger charge is 2.61. The minimum atomic E-state index is -1.34. The maximum absolute atomic E-state index is 14.6. The summed E-state index contributed by atoms with van der Waals surface area (Å²) in [5, 5.41) is 15.3. The molecule has 4 rings (SSSR count). The van der Waals surface area contributed by atoms with Gasteiger partial charge in [0.05, 0.1) is 6.54 Å². The van der Waals surface area contributed by atoms with E-state index >= 15 is 0 Å². The Kier molecular flexibility index (Phi) is 4.79. The molecule has 1 saturated heterocycles. The topological polar surface area (TPSA) is 67.0 Å². The molecule has 1 fully saturated rings. The summed E-state index contributed by atoms with van der Waals surface area (Å²) < 4.78 is 49.6. The third-order valence-corrected chi connectivity index (χ3v) is 5.25. The van der Waals surface area contributed by atoms with Gasteiger partial charge in [0.2, 0.25) is 5.16 Å². The lowest BCUT2D eigenvalue weighted by atomic mass is 9.91. The summed E-state index contributed by atoms with van der Waals surface area (Å²) in [6.45, 7) is -0.0493. The van der Waals surface area contributed by atoms with Gasteiger partial charge in [0.15, 0.2) is 0 Å². The van der Waals surface area contributed by atoms with Gasteiger partial charge in [-0.25, -0.2) is 22.8 Å². The molecule has 1 aliphatic rings. The van der Waals surface area contributed by atoms with Crippen molar-refractivity contribution < 1.29 is 17.9 Å². The second kappa shape index (κ2) is 7.13. The monoisotopic (exact) mass is 422 g/mol. The first-order valence-electron chi connectivity index (χ1n) is 7.96. The Balaban J connectivity index is 1.79. The number of nitriles is 1. The highest BCUT2D eigenvalue weighted by Crippen LogP contribution is 2.59. The molecule has 10 heteroatoms. The third-order valence-electron chi connectivity index (χ3n) is 4.43. The number of benzene rings is 2. The van der Waals surface area contributed by atoms with Crippen LogP contribution in [0.15, 0.2) is 47.9 Å². The predicted molar refractivity (Wildman–Crippen MR) is 94.8 cm³/mol.